The van der Waals surface area contributed by atoms with Gasteiger partial charge in [0.05, 0.1) is 10.5 Å². The molecule has 0 aromatic heterocycles. The summed E-state index contributed by atoms with van der Waals surface area (Å²) < 4.78 is 22.2. The van der Waals surface area contributed by atoms with Gasteiger partial charge in [0, 0.05) is 18.8 Å². The van der Waals surface area contributed by atoms with E-state index in [1.165, 1.54) is 12.1 Å². The van der Waals surface area contributed by atoms with Gasteiger partial charge >= 0.3 is 0 Å². The van der Waals surface area contributed by atoms with E-state index in [1.54, 1.807) is 19.1 Å². The quantitative estimate of drug-likeness (QED) is 0.797. The summed E-state index contributed by atoms with van der Waals surface area (Å²) in [5.41, 5.74) is 0.230. The fourth-order valence-corrected chi connectivity index (χ4v) is 2.53. The maximum atomic E-state index is 11.1. The van der Waals surface area contributed by atoms with E-state index in [9.17, 15) is 13.5 Å². The van der Waals surface area contributed by atoms with Crippen LogP contribution < -0.4 is 10.0 Å². The van der Waals surface area contributed by atoms with Crippen LogP contribution in [-0.4, -0.2) is 32.2 Å². The zero-order chi connectivity index (χ0) is 12.7. The Hall–Kier alpha value is -1.11. The molecule has 1 aromatic rings. The third-order valence-corrected chi connectivity index (χ3v) is 3.91. The first-order valence-electron chi connectivity index (χ1n) is 5.38. The lowest BCUT2D eigenvalue weighted by Crippen LogP contribution is -2.29. The zero-order valence-corrected chi connectivity index (χ0v) is 10.4. The Morgan fingerprint density at radius 3 is 2.35 bits per heavy atom. The van der Waals surface area contributed by atoms with Crippen molar-refractivity contribution in [3.8, 4) is 0 Å². The van der Waals surface area contributed by atoms with Gasteiger partial charge in [-0.3, -0.25) is 0 Å². The van der Waals surface area contributed by atoms with E-state index in [-0.39, 0.29) is 4.90 Å². The average molecular weight is 256 g/mol. The number of hydrogen-bond acceptors (Lipinski definition) is 4. The minimum absolute atomic E-state index is 0.104. The molecule has 94 valence electrons. The highest BCUT2D eigenvalue weighted by molar-refractivity contribution is 7.89. The van der Waals surface area contributed by atoms with Crippen molar-refractivity contribution in [1.29, 1.82) is 0 Å². The minimum Gasteiger partial charge on any atom is -0.388 e. The molecule has 1 unspecified atom stereocenters. The molecule has 0 aliphatic carbocycles. The first kappa shape index (κ1) is 12.3. The highest BCUT2D eigenvalue weighted by Crippen LogP contribution is 2.26. The second-order valence-electron chi connectivity index (χ2n) is 4.71. The summed E-state index contributed by atoms with van der Waals surface area (Å²) in [4.78, 5) is 2.12. The topological polar surface area (TPSA) is 83.6 Å². The number of sulfonamides is 1. The molecule has 1 atom stereocenters. The molecule has 0 saturated carbocycles. The zero-order valence-electron chi connectivity index (χ0n) is 9.63. The van der Waals surface area contributed by atoms with Crippen molar-refractivity contribution in [2.24, 2.45) is 5.14 Å². The summed E-state index contributed by atoms with van der Waals surface area (Å²) in [6.07, 6.45) is 0.712. The molecule has 0 spiro atoms. The van der Waals surface area contributed by atoms with E-state index in [0.717, 1.165) is 12.2 Å². The van der Waals surface area contributed by atoms with E-state index in [0.29, 0.717) is 13.0 Å². The van der Waals surface area contributed by atoms with E-state index in [4.69, 9.17) is 5.14 Å². The molecule has 1 aliphatic rings. The van der Waals surface area contributed by atoms with Gasteiger partial charge in [0.2, 0.25) is 10.0 Å². The number of benzene rings is 1. The van der Waals surface area contributed by atoms with Crippen molar-refractivity contribution in [1.82, 2.24) is 0 Å². The number of anilines is 1. The molecular weight excluding hydrogens is 240 g/mol. The second-order valence-corrected chi connectivity index (χ2v) is 6.27. The van der Waals surface area contributed by atoms with Gasteiger partial charge in [0.25, 0.3) is 0 Å². The van der Waals surface area contributed by atoms with Crippen molar-refractivity contribution in [3.05, 3.63) is 24.3 Å². The molecule has 1 heterocycles. The van der Waals surface area contributed by atoms with Crippen molar-refractivity contribution >= 4 is 15.7 Å². The number of primary sulfonamides is 1. The maximum Gasteiger partial charge on any atom is 0.238 e. The van der Waals surface area contributed by atoms with E-state index in [2.05, 4.69) is 0 Å². The predicted molar refractivity (Wildman–Crippen MR) is 65.3 cm³/mol. The van der Waals surface area contributed by atoms with Crippen LogP contribution in [0.3, 0.4) is 0 Å². The lowest BCUT2D eigenvalue weighted by atomic mass is 10.1. The first-order valence-corrected chi connectivity index (χ1v) is 6.93. The molecule has 5 nitrogen and oxygen atoms in total. The van der Waals surface area contributed by atoms with Crippen LogP contribution in [0.15, 0.2) is 29.2 Å². The molecule has 1 fully saturated rings. The van der Waals surface area contributed by atoms with Crippen molar-refractivity contribution < 1.29 is 13.5 Å². The van der Waals surface area contributed by atoms with Crippen LogP contribution in [0.4, 0.5) is 5.69 Å². The first-order chi connectivity index (χ1) is 7.78. The van der Waals surface area contributed by atoms with Crippen molar-refractivity contribution in [2.45, 2.75) is 23.8 Å². The van der Waals surface area contributed by atoms with Gasteiger partial charge < -0.3 is 10.0 Å². The molecule has 1 saturated heterocycles. The Kier molecular flexibility index (Phi) is 2.89. The molecule has 0 radical (unpaired) electrons. The summed E-state index contributed by atoms with van der Waals surface area (Å²) in [6.45, 7) is 3.12. The Bertz CT molecular complexity index is 508. The summed E-state index contributed by atoms with van der Waals surface area (Å²) in [5.74, 6) is 0. The lowest BCUT2D eigenvalue weighted by molar-refractivity contribution is 0.0839. The monoisotopic (exact) mass is 256 g/mol. The Morgan fingerprint density at radius 2 is 1.94 bits per heavy atom. The fraction of sp³-hybridized carbons (Fsp3) is 0.455. The Labute approximate surface area is 101 Å². The van der Waals surface area contributed by atoms with Gasteiger partial charge in [-0.1, -0.05) is 0 Å². The molecule has 3 N–H and O–H groups in total. The Balaban J connectivity index is 2.20. The van der Waals surface area contributed by atoms with Gasteiger partial charge in [-0.15, -0.1) is 0 Å². The molecule has 17 heavy (non-hydrogen) atoms. The van der Waals surface area contributed by atoms with Gasteiger partial charge in [0.1, 0.15) is 0 Å². The SMILES string of the molecule is CC1(O)CCN(c2ccc(S(N)(=O)=O)cc2)C1. The highest BCUT2D eigenvalue weighted by atomic mass is 32.2. The van der Waals surface area contributed by atoms with E-state index < -0.39 is 15.6 Å². The van der Waals surface area contributed by atoms with Gasteiger partial charge in [0.15, 0.2) is 0 Å². The molecule has 1 aliphatic heterocycles. The smallest absolute Gasteiger partial charge is 0.238 e. The molecule has 2 rings (SSSR count). The van der Waals surface area contributed by atoms with Crippen LogP contribution in [0, 0.1) is 0 Å². The second kappa shape index (κ2) is 3.97. The summed E-state index contributed by atoms with van der Waals surface area (Å²) in [6, 6.07) is 6.39. The van der Waals surface area contributed by atoms with Crippen molar-refractivity contribution in [2.75, 3.05) is 18.0 Å². The number of nitrogens with two attached hydrogens (primary N) is 1. The molecular formula is C11H16N2O3S. The number of nitrogens with zero attached hydrogens (tertiary/aromatic N) is 1. The van der Waals surface area contributed by atoms with Gasteiger partial charge in [-0.25, -0.2) is 13.6 Å². The van der Waals surface area contributed by atoms with E-state index >= 15 is 0 Å². The molecule has 6 heteroatoms. The summed E-state index contributed by atoms with van der Waals surface area (Å²) in [5, 5.41) is 14.9. The van der Waals surface area contributed by atoms with E-state index in [1.807, 2.05) is 4.90 Å². The van der Waals surface area contributed by atoms with Crippen LogP contribution in [0.25, 0.3) is 0 Å². The predicted octanol–water partition coefficient (Wildman–Crippen LogP) is 0.295. The largest absolute Gasteiger partial charge is 0.388 e. The maximum absolute atomic E-state index is 11.1. The van der Waals surface area contributed by atoms with Crippen LogP contribution in [0.1, 0.15) is 13.3 Å². The number of aliphatic hydroxyl groups is 1. The van der Waals surface area contributed by atoms with Crippen LogP contribution in [0.5, 0.6) is 0 Å². The highest BCUT2D eigenvalue weighted by Gasteiger charge is 2.31. The third-order valence-electron chi connectivity index (χ3n) is 2.98. The Morgan fingerprint density at radius 1 is 1.35 bits per heavy atom. The summed E-state index contributed by atoms with van der Waals surface area (Å²) in [7, 11) is -3.63. The van der Waals surface area contributed by atoms with Crippen LogP contribution in [-0.2, 0) is 10.0 Å². The number of hydrogen-bond donors (Lipinski definition) is 2. The molecule has 1 aromatic carbocycles. The molecule has 0 amide bonds. The van der Waals surface area contributed by atoms with Gasteiger partial charge in [-0.2, -0.15) is 0 Å². The number of rotatable bonds is 2. The normalized spacial score (nSPS) is 25.2. The minimum atomic E-state index is -3.63. The molecule has 0 bridgehead atoms. The van der Waals surface area contributed by atoms with Crippen LogP contribution in [0.2, 0.25) is 0 Å². The lowest BCUT2D eigenvalue weighted by Gasteiger charge is -2.20. The van der Waals surface area contributed by atoms with Crippen molar-refractivity contribution in [3.63, 3.8) is 0 Å². The summed E-state index contributed by atoms with van der Waals surface area (Å²) >= 11 is 0. The number of β-amino-alcohol motifs (C(OH)–C–C–N with tert-alkyl or cyclic N) is 1. The fourth-order valence-electron chi connectivity index (χ4n) is 2.01. The standard InChI is InChI=1S/C11H16N2O3S/c1-11(14)6-7-13(8-11)9-2-4-10(5-3-9)17(12,15)16/h2-5,14H,6-8H2,1H3,(H2,12,15,16). The van der Waals surface area contributed by atoms with Gasteiger partial charge in [-0.05, 0) is 37.6 Å². The van der Waals surface area contributed by atoms with Crippen LogP contribution >= 0.6 is 0 Å². The third kappa shape index (κ3) is 2.77. The average Bonchev–Trinajstić information content (AvgIpc) is 2.58.